The van der Waals surface area contributed by atoms with Crippen LogP contribution in [0.4, 0.5) is 11.5 Å². The van der Waals surface area contributed by atoms with Gasteiger partial charge in [-0.15, -0.1) is 0 Å². The molecule has 0 aromatic carbocycles. The smallest absolute Gasteiger partial charge is 0.150 e. The van der Waals surface area contributed by atoms with Crippen LogP contribution >= 0.6 is 0 Å². The van der Waals surface area contributed by atoms with Gasteiger partial charge in [-0.1, -0.05) is 0 Å². The predicted molar refractivity (Wildman–Crippen MR) is 67.1 cm³/mol. The predicted octanol–water partition coefficient (Wildman–Crippen LogP) is 0.362. The van der Waals surface area contributed by atoms with Crippen molar-refractivity contribution in [1.82, 2.24) is 9.78 Å². The lowest BCUT2D eigenvalue weighted by Crippen LogP contribution is -2.39. The molecule has 2 N–H and O–H groups in total. The molecule has 0 atom stereocenters. The van der Waals surface area contributed by atoms with E-state index in [0.29, 0.717) is 0 Å². The van der Waals surface area contributed by atoms with Crippen LogP contribution < -0.4 is 10.6 Å². The van der Waals surface area contributed by atoms with Gasteiger partial charge in [0.05, 0.1) is 11.4 Å². The second kappa shape index (κ2) is 4.45. The highest BCUT2D eigenvalue weighted by molar-refractivity contribution is 7.85. The first-order chi connectivity index (χ1) is 7.63. The van der Waals surface area contributed by atoms with E-state index in [4.69, 9.17) is 5.73 Å². The molecule has 90 valence electrons. The van der Waals surface area contributed by atoms with E-state index >= 15 is 0 Å². The summed E-state index contributed by atoms with van der Waals surface area (Å²) in [6, 6.07) is 0. The molecule has 1 saturated heterocycles. The maximum absolute atomic E-state index is 11.3. The zero-order chi connectivity index (χ0) is 11.7. The summed E-state index contributed by atoms with van der Waals surface area (Å²) in [5, 5.41) is 4.40. The van der Waals surface area contributed by atoms with Gasteiger partial charge >= 0.3 is 0 Å². The molecule has 0 bridgehead atoms. The molecule has 0 radical (unpaired) electrons. The summed E-state index contributed by atoms with van der Waals surface area (Å²) in [5.74, 6) is 2.46. The molecular weight excluding hydrogens is 224 g/mol. The minimum absolute atomic E-state index is 0.655. The summed E-state index contributed by atoms with van der Waals surface area (Å²) in [5.41, 5.74) is 7.68. The Balaban J connectivity index is 2.28. The summed E-state index contributed by atoms with van der Waals surface area (Å²) in [6.07, 6.45) is 0. The van der Waals surface area contributed by atoms with Crippen molar-refractivity contribution in [2.24, 2.45) is 0 Å². The van der Waals surface area contributed by atoms with Crippen LogP contribution in [0.1, 0.15) is 12.6 Å². The molecule has 0 aliphatic carbocycles. The Morgan fingerprint density at radius 1 is 1.44 bits per heavy atom. The first-order valence-corrected chi connectivity index (χ1v) is 7.05. The first-order valence-electron chi connectivity index (χ1n) is 5.56. The standard InChI is InChI=1S/C10H18N4OS/c1-3-14-10(9(11)8(2)12-14)13-4-6-16(15)7-5-13/h3-7,11H2,1-2H3. The lowest BCUT2D eigenvalue weighted by Gasteiger charge is -2.28. The number of nitrogens with two attached hydrogens (primary N) is 1. The van der Waals surface area contributed by atoms with E-state index in [1.54, 1.807) is 0 Å². The highest BCUT2D eigenvalue weighted by Crippen LogP contribution is 2.27. The largest absolute Gasteiger partial charge is 0.394 e. The van der Waals surface area contributed by atoms with Crippen LogP contribution in [0.15, 0.2) is 0 Å². The van der Waals surface area contributed by atoms with Gasteiger partial charge in [0.25, 0.3) is 0 Å². The molecule has 0 amide bonds. The minimum atomic E-state index is -0.655. The Hall–Kier alpha value is -1.04. The summed E-state index contributed by atoms with van der Waals surface area (Å²) in [6.45, 7) is 6.40. The molecular formula is C10H18N4OS. The molecule has 1 aromatic rings. The van der Waals surface area contributed by atoms with Gasteiger partial charge in [-0.3, -0.25) is 4.21 Å². The first kappa shape index (κ1) is 11.4. The van der Waals surface area contributed by atoms with Crippen LogP contribution in [0.2, 0.25) is 0 Å². The molecule has 1 fully saturated rings. The van der Waals surface area contributed by atoms with E-state index in [9.17, 15) is 4.21 Å². The number of nitrogen functional groups attached to an aromatic ring is 1. The summed E-state index contributed by atoms with van der Waals surface area (Å²) >= 11 is 0. The van der Waals surface area contributed by atoms with E-state index in [1.807, 2.05) is 11.6 Å². The van der Waals surface area contributed by atoms with Gasteiger partial charge < -0.3 is 10.6 Å². The average molecular weight is 242 g/mol. The van der Waals surface area contributed by atoms with E-state index in [2.05, 4.69) is 16.9 Å². The molecule has 2 rings (SSSR count). The monoisotopic (exact) mass is 242 g/mol. The zero-order valence-electron chi connectivity index (χ0n) is 9.77. The number of nitrogens with zero attached hydrogens (tertiary/aromatic N) is 3. The van der Waals surface area contributed by atoms with Crippen LogP contribution in [0, 0.1) is 6.92 Å². The molecule has 0 unspecified atom stereocenters. The van der Waals surface area contributed by atoms with Gasteiger partial charge in [-0.25, -0.2) is 4.68 Å². The lowest BCUT2D eigenvalue weighted by molar-refractivity contribution is 0.629. The average Bonchev–Trinajstić information content (AvgIpc) is 2.57. The van der Waals surface area contributed by atoms with Crippen molar-refractivity contribution in [3.63, 3.8) is 0 Å². The maximum atomic E-state index is 11.3. The second-order valence-electron chi connectivity index (χ2n) is 3.97. The van der Waals surface area contributed by atoms with Gasteiger partial charge in [0.2, 0.25) is 0 Å². The van der Waals surface area contributed by atoms with Gasteiger partial charge in [0.1, 0.15) is 0 Å². The Kier molecular flexibility index (Phi) is 3.18. The van der Waals surface area contributed by atoms with Crippen molar-refractivity contribution in [3.8, 4) is 0 Å². The molecule has 16 heavy (non-hydrogen) atoms. The number of hydrogen-bond donors (Lipinski definition) is 1. The van der Waals surface area contributed by atoms with Crippen LogP contribution in [-0.4, -0.2) is 38.6 Å². The van der Waals surface area contributed by atoms with Crippen molar-refractivity contribution in [2.75, 3.05) is 35.2 Å². The van der Waals surface area contributed by atoms with Crippen molar-refractivity contribution in [1.29, 1.82) is 0 Å². The molecule has 2 heterocycles. The molecule has 0 saturated carbocycles. The Morgan fingerprint density at radius 3 is 2.62 bits per heavy atom. The second-order valence-corrected chi connectivity index (χ2v) is 5.67. The third-order valence-electron chi connectivity index (χ3n) is 2.92. The van der Waals surface area contributed by atoms with Gasteiger partial charge in [0.15, 0.2) is 5.82 Å². The molecule has 1 aliphatic heterocycles. The van der Waals surface area contributed by atoms with Crippen molar-refractivity contribution < 1.29 is 4.21 Å². The Labute approximate surface area is 98.1 Å². The number of aryl methyl sites for hydroxylation is 2. The number of hydrogen-bond acceptors (Lipinski definition) is 4. The van der Waals surface area contributed by atoms with E-state index in [1.165, 1.54) is 0 Å². The van der Waals surface area contributed by atoms with Crippen molar-refractivity contribution >= 4 is 22.3 Å². The number of anilines is 2. The lowest BCUT2D eigenvalue weighted by atomic mass is 10.3. The fraction of sp³-hybridized carbons (Fsp3) is 0.700. The minimum Gasteiger partial charge on any atom is -0.394 e. The molecule has 1 aromatic heterocycles. The highest BCUT2D eigenvalue weighted by Gasteiger charge is 2.22. The molecule has 0 spiro atoms. The Morgan fingerprint density at radius 2 is 2.06 bits per heavy atom. The quantitative estimate of drug-likeness (QED) is 0.813. The Bertz CT molecular complexity index is 405. The fourth-order valence-corrected chi connectivity index (χ4v) is 3.04. The molecule has 5 nitrogen and oxygen atoms in total. The topological polar surface area (TPSA) is 64.2 Å². The summed E-state index contributed by atoms with van der Waals surface area (Å²) in [7, 11) is -0.655. The number of rotatable bonds is 2. The highest BCUT2D eigenvalue weighted by atomic mass is 32.2. The third kappa shape index (κ3) is 1.93. The SMILES string of the molecule is CCn1nc(C)c(N)c1N1CCS(=O)CC1. The van der Waals surface area contributed by atoms with Gasteiger partial charge in [0, 0.05) is 41.9 Å². The normalized spacial score (nSPS) is 18.0. The van der Waals surface area contributed by atoms with Crippen molar-refractivity contribution in [3.05, 3.63) is 5.69 Å². The van der Waals surface area contributed by atoms with Crippen LogP contribution in [-0.2, 0) is 17.3 Å². The van der Waals surface area contributed by atoms with E-state index in [0.717, 1.165) is 48.3 Å². The molecule has 6 heteroatoms. The summed E-state index contributed by atoms with van der Waals surface area (Å²) in [4.78, 5) is 2.19. The summed E-state index contributed by atoms with van der Waals surface area (Å²) < 4.78 is 13.2. The third-order valence-corrected chi connectivity index (χ3v) is 4.20. The van der Waals surface area contributed by atoms with Crippen LogP contribution in [0.5, 0.6) is 0 Å². The van der Waals surface area contributed by atoms with E-state index < -0.39 is 10.8 Å². The van der Waals surface area contributed by atoms with Crippen molar-refractivity contribution in [2.45, 2.75) is 20.4 Å². The van der Waals surface area contributed by atoms with Gasteiger partial charge in [-0.05, 0) is 13.8 Å². The van der Waals surface area contributed by atoms with E-state index in [-0.39, 0.29) is 0 Å². The maximum Gasteiger partial charge on any atom is 0.150 e. The number of aromatic nitrogens is 2. The van der Waals surface area contributed by atoms with Crippen LogP contribution in [0.3, 0.4) is 0 Å². The zero-order valence-corrected chi connectivity index (χ0v) is 10.6. The molecule has 1 aliphatic rings. The van der Waals surface area contributed by atoms with Crippen LogP contribution in [0.25, 0.3) is 0 Å². The fourth-order valence-electron chi connectivity index (χ4n) is 1.99. The van der Waals surface area contributed by atoms with Gasteiger partial charge in [-0.2, -0.15) is 5.10 Å².